The lowest BCUT2D eigenvalue weighted by atomic mass is 9.56. The average Bonchev–Trinajstić information content (AvgIpc) is 3.16. The number of phenolic OH excluding ortho intramolecular Hbond substituents is 1. The quantitative estimate of drug-likeness (QED) is 0.353. The highest BCUT2D eigenvalue weighted by molar-refractivity contribution is 6.53. The SMILES string of the molecule is CCCN1C(=O)C2CC=C3C(CC4(Cl)C(=O)N(C)C(=O)C4(Cl)C3c3ccc(O)c(OCC)c3)C2C1=O. The predicted molar refractivity (Wildman–Crippen MR) is 132 cm³/mol. The van der Waals surface area contributed by atoms with E-state index in [2.05, 4.69) is 0 Å². The van der Waals surface area contributed by atoms with Gasteiger partial charge in [0.1, 0.15) is 0 Å². The zero-order valence-electron chi connectivity index (χ0n) is 20.3. The van der Waals surface area contributed by atoms with Gasteiger partial charge in [-0.15, -0.1) is 23.2 Å². The van der Waals surface area contributed by atoms with Crippen LogP contribution in [0.15, 0.2) is 29.8 Å². The highest BCUT2D eigenvalue weighted by Gasteiger charge is 2.75. The number of allylic oxidation sites excluding steroid dienone is 2. The van der Waals surface area contributed by atoms with E-state index in [9.17, 15) is 24.3 Å². The molecule has 1 aromatic rings. The topological polar surface area (TPSA) is 104 Å². The van der Waals surface area contributed by atoms with E-state index in [4.69, 9.17) is 27.9 Å². The number of halogens is 2. The third-order valence-electron chi connectivity index (χ3n) is 8.17. The molecule has 0 aromatic heterocycles. The molecule has 2 heterocycles. The van der Waals surface area contributed by atoms with Gasteiger partial charge < -0.3 is 9.84 Å². The molecule has 36 heavy (non-hydrogen) atoms. The van der Waals surface area contributed by atoms with Crippen molar-refractivity contribution in [1.29, 1.82) is 0 Å². The van der Waals surface area contributed by atoms with Gasteiger partial charge in [-0.2, -0.15) is 0 Å². The molecule has 3 fully saturated rings. The summed E-state index contributed by atoms with van der Waals surface area (Å²) in [7, 11) is 1.35. The van der Waals surface area contributed by atoms with Crippen LogP contribution in [0.1, 0.15) is 44.6 Å². The number of benzene rings is 1. The van der Waals surface area contributed by atoms with Gasteiger partial charge in [0.15, 0.2) is 21.2 Å². The van der Waals surface area contributed by atoms with Gasteiger partial charge in [-0.3, -0.25) is 29.0 Å². The van der Waals surface area contributed by atoms with Crippen molar-refractivity contribution in [3.05, 3.63) is 35.4 Å². The summed E-state index contributed by atoms with van der Waals surface area (Å²) >= 11 is 14.2. The molecule has 1 saturated carbocycles. The lowest BCUT2D eigenvalue weighted by Crippen LogP contribution is -2.60. The van der Waals surface area contributed by atoms with Crippen molar-refractivity contribution >= 4 is 46.8 Å². The van der Waals surface area contributed by atoms with Crippen LogP contribution in [-0.2, 0) is 19.2 Å². The number of hydrogen-bond acceptors (Lipinski definition) is 6. The molecule has 10 heteroatoms. The number of carbonyl (C=O) groups is 4. The minimum atomic E-state index is -1.86. The highest BCUT2D eigenvalue weighted by atomic mass is 35.5. The fraction of sp³-hybridized carbons (Fsp3) is 0.538. The number of carbonyl (C=O) groups excluding carboxylic acids is 4. The van der Waals surface area contributed by atoms with E-state index < -0.39 is 45.2 Å². The lowest BCUT2D eigenvalue weighted by molar-refractivity contribution is -0.141. The molecule has 0 bridgehead atoms. The van der Waals surface area contributed by atoms with Crippen LogP contribution >= 0.6 is 23.2 Å². The Bertz CT molecular complexity index is 1220. The Morgan fingerprint density at radius 1 is 1.08 bits per heavy atom. The number of ether oxygens (including phenoxy) is 1. The minimum Gasteiger partial charge on any atom is -0.504 e. The number of fused-ring (bicyclic) bond motifs is 4. The van der Waals surface area contributed by atoms with E-state index in [-0.39, 0.29) is 29.7 Å². The highest BCUT2D eigenvalue weighted by Crippen LogP contribution is 2.65. The van der Waals surface area contributed by atoms with Crippen LogP contribution in [-0.4, -0.2) is 68.5 Å². The van der Waals surface area contributed by atoms with Crippen molar-refractivity contribution in [3.8, 4) is 11.5 Å². The molecule has 0 radical (unpaired) electrons. The Labute approximate surface area is 219 Å². The summed E-state index contributed by atoms with van der Waals surface area (Å²) in [5, 5.41) is 10.3. The van der Waals surface area contributed by atoms with Crippen LogP contribution in [0.4, 0.5) is 0 Å². The third-order valence-corrected chi connectivity index (χ3v) is 9.58. The van der Waals surface area contributed by atoms with Crippen molar-refractivity contribution in [1.82, 2.24) is 9.80 Å². The first-order valence-corrected chi connectivity index (χ1v) is 13.0. The van der Waals surface area contributed by atoms with Crippen molar-refractivity contribution < 1.29 is 29.0 Å². The normalized spacial score (nSPS) is 35.5. The summed E-state index contributed by atoms with van der Waals surface area (Å²) in [6, 6.07) is 4.67. The standard InChI is InChI=1S/C26H28Cl2N2O6/c1-4-10-30-21(32)15-8-7-14-16(19(15)22(30)33)12-25(27)23(34)29(3)24(35)26(25,28)20(14)13-6-9-17(31)18(11-13)36-5-2/h6-7,9,11,15-16,19-20,31H,4-5,8,10,12H2,1-3H3. The zero-order valence-corrected chi connectivity index (χ0v) is 21.8. The van der Waals surface area contributed by atoms with E-state index in [1.807, 2.05) is 13.0 Å². The maximum Gasteiger partial charge on any atom is 0.253 e. The molecule has 5 rings (SSSR count). The van der Waals surface area contributed by atoms with Crippen molar-refractivity contribution in [2.45, 2.75) is 48.8 Å². The lowest BCUT2D eigenvalue weighted by Gasteiger charge is -2.50. The second-order valence-electron chi connectivity index (χ2n) is 9.99. The fourth-order valence-electron chi connectivity index (χ4n) is 6.61. The Balaban J connectivity index is 1.71. The van der Waals surface area contributed by atoms with Crippen molar-refractivity contribution in [2.75, 3.05) is 20.2 Å². The number of likely N-dealkylation sites (tertiary alicyclic amines) is 2. The molecule has 8 nitrogen and oxygen atoms in total. The summed E-state index contributed by atoms with van der Waals surface area (Å²) in [5.74, 6) is -4.24. The molecule has 6 unspecified atom stereocenters. The van der Waals surface area contributed by atoms with Gasteiger partial charge in [-0.25, -0.2) is 0 Å². The minimum absolute atomic E-state index is 0.0359. The van der Waals surface area contributed by atoms with Crippen LogP contribution in [0.25, 0.3) is 0 Å². The molecule has 2 saturated heterocycles. The maximum absolute atomic E-state index is 13.5. The first kappa shape index (κ1) is 25.1. The molecule has 2 aliphatic carbocycles. The van der Waals surface area contributed by atoms with Crippen LogP contribution in [0.5, 0.6) is 11.5 Å². The van der Waals surface area contributed by atoms with Gasteiger partial charge >= 0.3 is 0 Å². The Morgan fingerprint density at radius 3 is 2.47 bits per heavy atom. The molecule has 6 atom stereocenters. The number of amides is 4. The zero-order chi connectivity index (χ0) is 26.2. The number of alkyl halides is 2. The molecule has 4 aliphatic rings. The largest absolute Gasteiger partial charge is 0.504 e. The van der Waals surface area contributed by atoms with E-state index >= 15 is 0 Å². The Morgan fingerprint density at radius 2 is 1.81 bits per heavy atom. The van der Waals surface area contributed by atoms with E-state index in [0.717, 1.165) is 4.90 Å². The smallest absolute Gasteiger partial charge is 0.253 e. The molecule has 2 aliphatic heterocycles. The van der Waals surface area contributed by atoms with Gasteiger partial charge in [0.25, 0.3) is 11.8 Å². The van der Waals surface area contributed by atoms with Crippen LogP contribution < -0.4 is 4.74 Å². The molecule has 0 spiro atoms. The van der Waals surface area contributed by atoms with Gasteiger partial charge in [-0.05, 0) is 49.8 Å². The first-order valence-electron chi connectivity index (χ1n) is 12.2. The first-order chi connectivity index (χ1) is 17.0. The Kier molecular flexibility index (Phi) is 5.91. The molecular formula is C26H28Cl2N2O6. The Hall–Kier alpha value is -2.58. The van der Waals surface area contributed by atoms with Crippen molar-refractivity contribution in [2.24, 2.45) is 17.8 Å². The van der Waals surface area contributed by atoms with E-state index in [0.29, 0.717) is 37.1 Å². The second-order valence-corrected chi connectivity index (χ2v) is 11.2. The number of phenols is 1. The van der Waals surface area contributed by atoms with E-state index in [1.165, 1.54) is 18.0 Å². The third kappa shape index (κ3) is 3.06. The van der Waals surface area contributed by atoms with Crippen LogP contribution in [0.3, 0.4) is 0 Å². The van der Waals surface area contributed by atoms with Gasteiger partial charge in [0.05, 0.1) is 18.4 Å². The number of imide groups is 2. The van der Waals surface area contributed by atoms with Gasteiger partial charge in [-0.1, -0.05) is 24.6 Å². The summed E-state index contributed by atoms with van der Waals surface area (Å²) < 4.78 is 5.57. The van der Waals surface area contributed by atoms with E-state index in [1.54, 1.807) is 19.1 Å². The van der Waals surface area contributed by atoms with Gasteiger partial charge in [0, 0.05) is 19.5 Å². The summed E-state index contributed by atoms with van der Waals surface area (Å²) in [4.78, 5) is 52.1. The monoisotopic (exact) mass is 534 g/mol. The number of nitrogens with zero attached hydrogens (tertiary/aromatic N) is 2. The molecule has 4 amide bonds. The summed E-state index contributed by atoms with van der Waals surface area (Å²) in [6.07, 6.45) is 2.82. The average molecular weight is 535 g/mol. The van der Waals surface area contributed by atoms with Crippen molar-refractivity contribution in [3.63, 3.8) is 0 Å². The van der Waals surface area contributed by atoms with Gasteiger partial charge in [0.2, 0.25) is 11.8 Å². The second kappa shape index (κ2) is 8.48. The summed E-state index contributed by atoms with van der Waals surface area (Å²) in [5.41, 5.74) is 1.25. The summed E-state index contributed by atoms with van der Waals surface area (Å²) in [6.45, 7) is 4.31. The maximum atomic E-state index is 13.5. The molecular weight excluding hydrogens is 507 g/mol. The van der Waals surface area contributed by atoms with Crippen LogP contribution in [0, 0.1) is 17.8 Å². The number of rotatable bonds is 5. The molecule has 1 N–H and O–H groups in total. The molecule has 192 valence electrons. The van der Waals surface area contributed by atoms with Crippen LogP contribution in [0.2, 0.25) is 0 Å². The fourth-order valence-corrected chi connectivity index (χ4v) is 7.63. The number of aromatic hydroxyl groups is 1. The predicted octanol–water partition coefficient (Wildman–Crippen LogP) is 3.19. The number of hydrogen-bond donors (Lipinski definition) is 1. The molecule has 1 aromatic carbocycles.